The van der Waals surface area contributed by atoms with E-state index in [1.807, 2.05) is 0 Å². The van der Waals surface area contributed by atoms with Crippen LogP contribution in [0, 0.1) is 6.92 Å². The van der Waals surface area contributed by atoms with E-state index in [1.165, 1.54) is 14.2 Å². The van der Waals surface area contributed by atoms with Crippen LogP contribution in [0.15, 0.2) is 12.1 Å². The zero-order chi connectivity index (χ0) is 10.7. The molecular formula is C10H11ClO3. The Kier molecular flexibility index (Phi) is 3.36. The SMILES string of the molecule is COC(=O)c1cc(C)c(Cl)c(OC)c1. The highest BCUT2D eigenvalue weighted by Crippen LogP contribution is 2.29. The maximum atomic E-state index is 11.2. The normalized spacial score (nSPS) is 9.71. The Labute approximate surface area is 87.6 Å². The second-order valence-electron chi connectivity index (χ2n) is 2.80. The standard InChI is InChI=1S/C10H11ClO3/c1-6-4-7(10(12)14-3)5-8(13-2)9(6)11/h4-5H,1-3H3. The predicted octanol–water partition coefficient (Wildman–Crippen LogP) is 2.44. The summed E-state index contributed by atoms with van der Waals surface area (Å²) in [4.78, 5) is 11.2. The molecule has 0 unspecified atom stereocenters. The van der Waals surface area contributed by atoms with Gasteiger partial charge in [0.1, 0.15) is 5.75 Å². The second-order valence-corrected chi connectivity index (χ2v) is 3.18. The van der Waals surface area contributed by atoms with E-state index < -0.39 is 5.97 Å². The average molecular weight is 215 g/mol. The zero-order valence-corrected chi connectivity index (χ0v) is 9.01. The Bertz CT molecular complexity index is 361. The first-order chi connectivity index (χ1) is 6.60. The van der Waals surface area contributed by atoms with Crippen LogP contribution in [0.2, 0.25) is 5.02 Å². The lowest BCUT2D eigenvalue weighted by molar-refractivity contribution is 0.0600. The third kappa shape index (κ3) is 1.99. The minimum atomic E-state index is -0.400. The van der Waals surface area contributed by atoms with E-state index in [-0.39, 0.29) is 0 Å². The van der Waals surface area contributed by atoms with Gasteiger partial charge in [-0.15, -0.1) is 0 Å². The average Bonchev–Trinajstić information content (AvgIpc) is 2.20. The molecule has 0 heterocycles. The lowest BCUT2D eigenvalue weighted by Gasteiger charge is -2.08. The Balaban J connectivity index is 3.22. The first kappa shape index (κ1) is 10.9. The van der Waals surface area contributed by atoms with Crippen LogP contribution in [-0.4, -0.2) is 20.2 Å². The first-order valence-corrected chi connectivity index (χ1v) is 4.40. The number of esters is 1. The lowest BCUT2D eigenvalue weighted by Crippen LogP contribution is -2.02. The van der Waals surface area contributed by atoms with Gasteiger partial charge in [0.2, 0.25) is 0 Å². The molecule has 14 heavy (non-hydrogen) atoms. The van der Waals surface area contributed by atoms with Gasteiger partial charge in [-0.2, -0.15) is 0 Å². The Morgan fingerprint density at radius 1 is 1.36 bits per heavy atom. The first-order valence-electron chi connectivity index (χ1n) is 4.02. The molecule has 0 saturated heterocycles. The lowest BCUT2D eigenvalue weighted by atomic mass is 10.1. The van der Waals surface area contributed by atoms with E-state index in [2.05, 4.69) is 4.74 Å². The number of hydrogen-bond acceptors (Lipinski definition) is 3. The predicted molar refractivity (Wildman–Crippen MR) is 54.1 cm³/mol. The van der Waals surface area contributed by atoms with Crippen molar-refractivity contribution in [2.24, 2.45) is 0 Å². The third-order valence-corrected chi connectivity index (χ3v) is 2.35. The van der Waals surface area contributed by atoms with E-state index in [9.17, 15) is 4.79 Å². The number of methoxy groups -OCH3 is 2. The number of benzene rings is 1. The summed E-state index contributed by atoms with van der Waals surface area (Å²) in [5.74, 6) is 0.0788. The van der Waals surface area contributed by atoms with E-state index in [1.54, 1.807) is 19.1 Å². The second kappa shape index (κ2) is 4.33. The molecule has 0 radical (unpaired) electrons. The van der Waals surface area contributed by atoms with Crippen LogP contribution in [0.5, 0.6) is 5.75 Å². The molecule has 0 aliphatic rings. The van der Waals surface area contributed by atoms with Crippen molar-refractivity contribution in [2.45, 2.75) is 6.92 Å². The Morgan fingerprint density at radius 2 is 2.00 bits per heavy atom. The molecule has 0 bridgehead atoms. The molecule has 0 saturated carbocycles. The number of halogens is 1. The smallest absolute Gasteiger partial charge is 0.337 e. The van der Waals surface area contributed by atoms with Gasteiger partial charge in [0, 0.05) is 0 Å². The molecule has 1 aromatic carbocycles. The van der Waals surface area contributed by atoms with Crippen molar-refractivity contribution in [3.05, 3.63) is 28.3 Å². The maximum absolute atomic E-state index is 11.2. The molecule has 1 aromatic rings. The molecule has 0 aliphatic heterocycles. The number of rotatable bonds is 2. The van der Waals surface area contributed by atoms with E-state index >= 15 is 0 Å². The van der Waals surface area contributed by atoms with Gasteiger partial charge in [0.15, 0.2) is 0 Å². The highest BCUT2D eigenvalue weighted by Gasteiger charge is 2.11. The van der Waals surface area contributed by atoms with Gasteiger partial charge >= 0.3 is 5.97 Å². The fourth-order valence-corrected chi connectivity index (χ4v) is 1.31. The summed E-state index contributed by atoms with van der Waals surface area (Å²) in [5, 5.41) is 0.514. The van der Waals surface area contributed by atoms with Crippen molar-refractivity contribution >= 4 is 17.6 Å². The summed E-state index contributed by atoms with van der Waals surface area (Å²) >= 11 is 5.94. The van der Waals surface area contributed by atoms with Crippen LogP contribution in [0.3, 0.4) is 0 Å². The number of hydrogen-bond donors (Lipinski definition) is 0. The van der Waals surface area contributed by atoms with E-state index in [0.29, 0.717) is 16.3 Å². The van der Waals surface area contributed by atoms with Gasteiger partial charge in [-0.05, 0) is 24.6 Å². The number of aryl methyl sites for hydroxylation is 1. The maximum Gasteiger partial charge on any atom is 0.337 e. The van der Waals surface area contributed by atoms with Crippen molar-refractivity contribution in [3.63, 3.8) is 0 Å². The van der Waals surface area contributed by atoms with Gasteiger partial charge in [-0.1, -0.05) is 11.6 Å². The molecule has 0 atom stereocenters. The molecule has 0 amide bonds. The van der Waals surface area contributed by atoms with Crippen LogP contribution < -0.4 is 4.74 Å². The summed E-state index contributed by atoms with van der Waals surface area (Å²) in [6.07, 6.45) is 0. The van der Waals surface area contributed by atoms with Crippen molar-refractivity contribution < 1.29 is 14.3 Å². The number of carbonyl (C=O) groups excluding carboxylic acids is 1. The van der Waals surface area contributed by atoms with Crippen LogP contribution in [0.4, 0.5) is 0 Å². The number of carbonyl (C=O) groups is 1. The summed E-state index contributed by atoms with van der Waals surface area (Å²) < 4.78 is 9.61. The monoisotopic (exact) mass is 214 g/mol. The van der Waals surface area contributed by atoms with Crippen molar-refractivity contribution in [3.8, 4) is 5.75 Å². The summed E-state index contributed by atoms with van der Waals surface area (Å²) in [6.45, 7) is 1.80. The van der Waals surface area contributed by atoms with Crippen LogP contribution in [-0.2, 0) is 4.74 Å². The van der Waals surface area contributed by atoms with Crippen LogP contribution >= 0.6 is 11.6 Å². The van der Waals surface area contributed by atoms with Crippen LogP contribution in [0.1, 0.15) is 15.9 Å². The molecular weight excluding hydrogens is 204 g/mol. The van der Waals surface area contributed by atoms with Crippen molar-refractivity contribution in [2.75, 3.05) is 14.2 Å². The van der Waals surface area contributed by atoms with Gasteiger partial charge in [0.05, 0.1) is 24.8 Å². The molecule has 0 aliphatic carbocycles. The quantitative estimate of drug-likeness (QED) is 0.710. The third-order valence-electron chi connectivity index (χ3n) is 1.86. The molecule has 76 valence electrons. The highest BCUT2D eigenvalue weighted by atomic mass is 35.5. The molecule has 0 fully saturated rings. The van der Waals surface area contributed by atoms with E-state index in [4.69, 9.17) is 16.3 Å². The minimum Gasteiger partial charge on any atom is -0.495 e. The fraction of sp³-hybridized carbons (Fsp3) is 0.300. The molecule has 4 heteroatoms. The largest absolute Gasteiger partial charge is 0.495 e. The van der Waals surface area contributed by atoms with Crippen molar-refractivity contribution in [1.82, 2.24) is 0 Å². The van der Waals surface area contributed by atoms with Crippen molar-refractivity contribution in [1.29, 1.82) is 0 Å². The van der Waals surface area contributed by atoms with E-state index in [0.717, 1.165) is 5.56 Å². The molecule has 0 aromatic heterocycles. The molecule has 0 spiro atoms. The topological polar surface area (TPSA) is 35.5 Å². The summed E-state index contributed by atoms with van der Waals surface area (Å²) in [7, 11) is 2.83. The Morgan fingerprint density at radius 3 is 2.50 bits per heavy atom. The Hall–Kier alpha value is -1.22. The fourth-order valence-electron chi connectivity index (χ4n) is 1.12. The molecule has 1 rings (SSSR count). The van der Waals surface area contributed by atoms with Crippen LogP contribution in [0.25, 0.3) is 0 Å². The minimum absolute atomic E-state index is 0.400. The number of ether oxygens (including phenoxy) is 2. The van der Waals surface area contributed by atoms with Gasteiger partial charge in [-0.3, -0.25) is 0 Å². The van der Waals surface area contributed by atoms with Gasteiger partial charge in [-0.25, -0.2) is 4.79 Å². The molecule has 0 N–H and O–H groups in total. The zero-order valence-electron chi connectivity index (χ0n) is 8.26. The van der Waals surface area contributed by atoms with Gasteiger partial charge in [0.25, 0.3) is 0 Å². The summed E-state index contributed by atoms with van der Waals surface area (Å²) in [5.41, 5.74) is 1.22. The molecule has 3 nitrogen and oxygen atoms in total. The highest BCUT2D eigenvalue weighted by molar-refractivity contribution is 6.33. The van der Waals surface area contributed by atoms with Gasteiger partial charge < -0.3 is 9.47 Å². The summed E-state index contributed by atoms with van der Waals surface area (Å²) in [6, 6.07) is 3.22.